The molecule has 0 aliphatic carbocycles. The summed E-state index contributed by atoms with van der Waals surface area (Å²) in [6, 6.07) is 3.37. The average molecular weight is 663 g/mol. The summed E-state index contributed by atoms with van der Waals surface area (Å²) in [5, 5.41) is 17.3. The molecule has 6 atom stereocenters. The molecule has 0 spiro atoms. The van der Waals surface area contributed by atoms with Crippen LogP contribution in [0.25, 0.3) is 0 Å². The molecule has 1 aliphatic rings. The fourth-order valence-corrected chi connectivity index (χ4v) is 5.68. The summed E-state index contributed by atoms with van der Waals surface area (Å²) in [6.07, 6.45) is 1.06. The second-order valence-corrected chi connectivity index (χ2v) is 12.2. The number of nitrogens with two attached hydrogens (primary N) is 1. The Balaban J connectivity index is 2.60. The van der Waals surface area contributed by atoms with Gasteiger partial charge in [-0.15, -0.1) is 0 Å². The maximum atomic E-state index is 13.3. The number of carbonyl (C=O) groups is 3. The molecule has 0 radical (unpaired) electrons. The van der Waals surface area contributed by atoms with Crippen LogP contribution in [0, 0.1) is 11.8 Å². The van der Waals surface area contributed by atoms with Crippen molar-refractivity contribution in [2.24, 2.45) is 17.6 Å². The zero-order valence-electron chi connectivity index (χ0n) is 29.3. The van der Waals surface area contributed by atoms with Crippen LogP contribution in [0.2, 0.25) is 0 Å². The molecule has 5 N–H and O–H groups in total. The highest BCUT2D eigenvalue weighted by atomic mass is 16.6. The Morgan fingerprint density at radius 2 is 1.81 bits per heavy atom. The smallest absolute Gasteiger partial charge is 0.415 e. The first-order valence-corrected chi connectivity index (χ1v) is 15.9. The average Bonchev–Trinajstić information content (AvgIpc) is 3.02. The monoisotopic (exact) mass is 662 g/mol. The molecule has 0 saturated carbocycles. The van der Waals surface area contributed by atoms with Gasteiger partial charge in [0.2, 0.25) is 0 Å². The molecule has 47 heavy (non-hydrogen) atoms. The maximum absolute atomic E-state index is 13.3. The van der Waals surface area contributed by atoms with Crippen LogP contribution in [-0.2, 0) is 25.4 Å². The van der Waals surface area contributed by atoms with Crippen molar-refractivity contribution < 1.29 is 43.2 Å². The van der Waals surface area contributed by atoms with Crippen LogP contribution in [-0.4, -0.2) is 101 Å². The van der Waals surface area contributed by atoms with Crippen LogP contribution < -0.4 is 25.8 Å². The number of allylic oxidation sites excluding steroid dienone is 1. The number of rotatable bonds is 8. The predicted octanol–water partition coefficient (Wildman–Crippen LogP) is 4.03. The Hall–Kier alpha value is -3.65. The number of hydrogen-bond acceptors (Lipinski definition) is 10. The molecular weight excluding hydrogens is 608 g/mol. The number of aliphatic hydroxyl groups excluding tert-OH is 1. The number of aliphatic hydroxyl groups is 1. The number of ether oxygens (including phenoxy) is 5. The number of nitrogens with zero attached hydrogens (tertiary/aromatic N) is 1. The quantitative estimate of drug-likeness (QED) is 0.298. The highest BCUT2D eigenvalue weighted by molar-refractivity contribution is 6.03. The first kappa shape index (κ1) is 39.5. The molecule has 0 saturated heterocycles. The molecule has 1 heterocycles. The van der Waals surface area contributed by atoms with E-state index in [1.807, 2.05) is 19.9 Å². The molecule has 13 nitrogen and oxygen atoms in total. The summed E-state index contributed by atoms with van der Waals surface area (Å²) in [7, 11) is 7.99. The number of hydrogen-bond donors (Lipinski definition) is 4. The predicted molar refractivity (Wildman–Crippen MR) is 180 cm³/mol. The number of primary amides is 1. The van der Waals surface area contributed by atoms with Crippen molar-refractivity contribution in [1.82, 2.24) is 10.2 Å². The third-order valence-electron chi connectivity index (χ3n) is 8.34. The topological polar surface area (TPSA) is 171 Å². The fraction of sp³-hybridized carbons (Fsp3) is 0.618. The SMILES string of the molecule is CNCCN(C)C(=O)Oc1cc2cc(c1OC)C[C@@H](C)C[C@H](OC)[C@H](O)[C@@H](C)/C=C(\C)[C@H](OC(N)=O)[C@@H](OC)CC/C=C(\C)C(=O)N2. The number of amides is 3. The van der Waals surface area contributed by atoms with Gasteiger partial charge in [0.05, 0.1) is 25.4 Å². The van der Waals surface area contributed by atoms with E-state index in [1.165, 1.54) is 19.1 Å². The Morgan fingerprint density at radius 1 is 1.13 bits per heavy atom. The molecule has 1 aromatic carbocycles. The van der Waals surface area contributed by atoms with Crippen molar-refractivity contribution in [3.63, 3.8) is 0 Å². The van der Waals surface area contributed by atoms with Crippen molar-refractivity contribution in [1.29, 1.82) is 0 Å². The van der Waals surface area contributed by atoms with Crippen LogP contribution in [0.1, 0.15) is 52.5 Å². The summed E-state index contributed by atoms with van der Waals surface area (Å²) in [6.45, 7) is 8.38. The number of carbonyl (C=O) groups excluding carboxylic acids is 3. The zero-order valence-corrected chi connectivity index (χ0v) is 29.3. The minimum absolute atomic E-state index is 0.0406. The molecule has 1 aliphatic heterocycles. The Morgan fingerprint density at radius 3 is 2.40 bits per heavy atom. The van der Waals surface area contributed by atoms with Gasteiger partial charge in [-0.05, 0) is 64.1 Å². The first-order valence-electron chi connectivity index (χ1n) is 15.9. The second kappa shape index (κ2) is 19.2. The van der Waals surface area contributed by atoms with Crippen LogP contribution in [0.4, 0.5) is 15.3 Å². The molecule has 0 unspecified atom stereocenters. The first-order chi connectivity index (χ1) is 22.3. The lowest BCUT2D eigenvalue weighted by atomic mass is 9.88. The van der Waals surface area contributed by atoms with E-state index in [2.05, 4.69) is 10.6 Å². The third kappa shape index (κ3) is 11.8. The zero-order chi connectivity index (χ0) is 35.3. The summed E-state index contributed by atoms with van der Waals surface area (Å²) in [5.74, 6) is -0.223. The van der Waals surface area contributed by atoms with E-state index in [1.54, 1.807) is 53.3 Å². The van der Waals surface area contributed by atoms with Crippen LogP contribution in [0.15, 0.2) is 35.4 Å². The number of nitrogens with one attached hydrogen (secondary N) is 2. The number of likely N-dealkylation sites (N-methyl/N-ethyl adjacent to an activating group) is 2. The van der Waals surface area contributed by atoms with Gasteiger partial charge in [0.15, 0.2) is 17.6 Å². The Kier molecular flexibility index (Phi) is 16.2. The Bertz CT molecular complexity index is 1270. The molecule has 264 valence electrons. The van der Waals surface area contributed by atoms with Gasteiger partial charge in [0.1, 0.15) is 0 Å². The van der Waals surface area contributed by atoms with Crippen LogP contribution >= 0.6 is 0 Å². The summed E-state index contributed by atoms with van der Waals surface area (Å²) in [4.78, 5) is 39.5. The van der Waals surface area contributed by atoms with Crippen molar-refractivity contribution in [2.45, 2.75) is 77.8 Å². The normalized spacial score (nSPS) is 27.0. The number of methoxy groups -OCH3 is 3. The van der Waals surface area contributed by atoms with Crippen molar-refractivity contribution >= 4 is 23.8 Å². The minimum Gasteiger partial charge on any atom is -0.493 e. The molecule has 0 fully saturated rings. The number of benzene rings is 1. The highest BCUT2D eigenvalue weighted by Gasteiger charge is 2.30. The van der Waals surface area contributed by atoms with E-state index in [-0.39, 0.29) is 23.5 Å². The second-order valence-electron chi connectivity index (χ2n) is 12.2. The van der Waals surface area contributed by atoms with Gasteiger partial charge in [-0.2, -0.15) is 0 Å². The molecule has 0 aromatic heterocycles. The largest absolute Gasteiger partial charge is 0.493 e. The Labute approximate surface area is 278 Å². The van der Waals surface area contributed by atoms with Gasteiger partial charge in [-0.3, -0.25) is 4.79 Å². The third-order valence-corrected chi connectivity index (χ3v) is 8.34. The van der Waals surface area contributed by atoms with Gasteiger partial charge in [0, 0.05) is 63.2 Å². The summed E-state index contributed by atoms with van der Waals surface area (Å²) in [5.41, 5.74) is 7.66. The van der Waals surface area contributed by atoms with E-state index in [0.717, 1.165) is 0 Å². The van der Waals surface area contributed by atoms with Gasteiger partial charge >= 0.3 is 12.2 Å². The van der Waals surface area contributed by atoms with E-state index >= 15 is 0 Å². The number of fused-ring (bicyclic) bond motifs is 2. The molecule has 2 rings (SSSR count). The lowest BCUT2D eigenvalue weighted by Crippen LogP contribution is -2.37. The molecule has 13 heteroatoms. The molecule has 1 aromatic rings. The standard InChI is InChI=1S/C34H54N4O9/c1-20-15-24-18-25(19-28(31(24)45-9)46-34(42)38(6)14-13-36-5)37-32(40)21(2)11-10-12-26(43-7)30(47-33(35)41)23(4)17-22(3)29(39)27(16-20)44-8/h11,17-20,22,26-27,29-30,36,39H,10,12-16H2,1-9H3,(H2,35,41)(H,37,40)/b21-11+,23-17+/t20-,22+,26+,27+,29-,30+/m1/s1. The summed E-state index contributed by atoms with van der Waals surface area (Å²) < 4.78 is 28.5. The van der Waals surface area contributed by atoms with Gasteiger partial charge in [-0.1, -0.05) is 26.0 Å². The summed E-state index contributed by atoms with van der Waals surface area (Å²) >= 11 is 0. The minimum atomic E-state index is -0.946. The fourth-order valence-electron chi connectivity index (χ4n) is 5.68. The highest BCUT2D eigenvalue weighted by Crippen LogP contribution is 2.38. The van der Waals surface area contributed by atoms with Gasteiger partial charge < -0.3 is 50.1 Å². The molecule has 2 bridgehead atoms. The lowest BCUT2D eigenvalue weighted by Gasteiger charge is -2.30. The van der Waals surface area contributed by atoms with Crippen LogP contribution in [0.3, 0.4) is 0 Å². The number of anilines is 1. The van der Waals surface area contributed by atoms with Crippen molar-refractivity contribution in [3.8, 4) is 11.5 Å². The van der Waals surface area contributed by atoms with Crippen molar-refractivity contribution in [2.75, 3.05) is 53.8 Å². The van der Waals surface area contributed by atoms with Gasteiger partial charge in [0.25, 0.3) is 5.91 Å². The van der Waals surface area contributed by atoms with Crippen molar-refractivity contribution in [3.05, 3.63) is 41.0 Å². The molecular formula is C34H54N4O9. The van der Waals surface area contributed by atoms with E-state index < -0.39 is 36.6 Å². The van der Waals surface area contributed by atoms with Crippen LogP contribution in [0.5, 0.6) is 11.5 Å². The van der Waals surface area contributed by atoms with E-state index in [0.29, 0.717) is 66.9 Å². The maximum Gasteiger partial charge on any atom is 0.415 e. The van der Waals surface area contributed by atoms with E-state index in [9.17, 15) is 19.5 Å². The van der Waals surface area contributed by atoms with Gasteiger partial charge in [-0.25, -0.2) is 9.59 Å². The van der Waals surface area contributed by atoms with E-state index in [4.69, 9.17) is 29.4 Å². The molecule has 3 amide bonds. The lowest BCUT2D eigenvalue weighted by molar-refractivity contribution is -0.112.